The van der Waals surface area contributed by atoms with Crippen molar-refractivity contribution in [2.75, 3.05) is 33.0 Å². The van der Waals surface area contributed by atoms with Crippen LogP contribution in [-0.4, -0.2) is 33.0 Å². The summed E-state index contributed by atoms with van der Waals surface area (Å²) < 4.78 is 16.1. The Morgan fingerprint density at radius 1 is 0.941 bits per heavy atom. The molecule has 4 nitrogen and oxygen atoms in total. The van der Waals surface area contributed by atoms with Crippen LogP contribution in [0.5, 0.6) is 11.5 Å². The molecule has 0 saturated heterocycles. The molecular weight excluding hydrogens is 218 g/mol. The van der Waals surface area contributed by atoms with Crippen LogP contribution >= 0.6 is 0 Å². The highest BCUT2D eigenvalue weighted by Crippen LogP contribution is 2.17. The zero-order valence-electron chi connectivity index (χ0n) is 10.4. The minimum Gasteiger partial charge on any atom is -0.494 e. The van der Waals surface area contributed by atoms with Crippen molar-refractivity contribution < 1.29 is 14.2 Å². The molecule has 0 radical (unpaired) electrons. The van der Waals surface area contributed by atoms with Crippen LogP contribution in [0, 0.1) is 0 Å². The van der Waals surface area contributed by atoms with E-state index in [2.05, 4.69) is 0 Å². The normalized spacial score (nSPS) is 10.2. The van der Waals surface area contributed by atoms with Crippen molar-refractivity contribution >= 4 is 0 Å². The second-order valence-electron chi connectivity index (χ2n) is 3.51. The van der Waals surface area contributed by atoms with E-state index in [1.54, 1.807) is 0 Å². The molecule has 1 aromatic rings. The molecule has 0 aliphatic rings. The van der Waals surface area contributed by atoms with Gasteiger partial charge in [0, 0.05) is 19.6 Å². The Morgan fingerprint density at radius 2 is 1.59 bits per heavy atom. The predicted octanol–water partition coefficient (Wildman–Crippen LogP) is 1.83. The standard InChI is InChI=1S/C13H21NO3/c1-2-16-12-4-6-13(7-5-12)17-10-3-9-15-11-8-14/h4-7H,2-3,8-11,14H2,1H3. The third-order valence-corrected chi connectivity index (χ3v) is 2.10. The SMILES string of the molecule is CCOc1ccc(OCCCOCCN)cc1. The van der Waals surface area contributed by atoms with Crippen LogP contribution in [-0.2, 0) is 4.74 Å². The van der Waals surface area contributed by atoms with Gasteiger partial charge in [-0.05, 0) is 31.2 Å². The van der Waals surface area contributed by atoms with Crippen molar-refractivity contribution in [3.63, 3.8) is 0 Å². The Bertz CT molecular complexity index is 287. The zero-order chi connectivity index (χ0) is 12.3. The maximum Gasteiger partial charge on any atom is 0.119 e. The van der Waals surface area contributed by atoms with Gasteiger partial charge >= 0.3 is 0 Å². The summed E-state index contributed by atoms with van der Waals surface area (Å²) in [7, 11) is 0. The highest BCUT2D eigenvalue weighted by atomic mass is 16.5. The number of rotatable bonds is 9. The molecule has 0 atom stereocenters. The smallest absolute Gasteiger partial charge is 0.119 e. The number of benzene rings is 1. The van der Waals surface area contributed by atoms with E-state index in [4.69, 9.17) is 19.9 Å². The molecule has 0 saturated carbocycles. The van der Waals surface area contributed by atoms with Crippen molar-refractivity contribution in [3.05, 3.63) is 24.3 Å². The topological polar surface area (TPSA) is 53.7 Å². The molecule has 0 aliphatic heterocycles. The van der Waals surface area contributed by atoms with Crippen molar-refractivity contribution in [1.82, 2.24) is 0 Å². The predicted molar refractivity (Wildman–Crippen MR) is 67.6 cm³/mol. The first-order chi connectivity index (χ1) is 8.36. The molecule has 0 fully saturated rings. The van der Waals surface area contributed by atoms with E-state index >= 15 is 0 Å². The summed E-state index contributed by atoms with van der Waals surface area (Å²) in [6, 6.07) is 7.63. The van der Waals surface area contributed by atoms with E-state index in [-0.39, 0.29) is 0 Å². The summed E-state index contributed by atoms with van der Waals surface area (Å²) >= 11 is 0. The molecule has 4 heteroatoms. The van der Waals surface area contributed by atoms with E-state index in [0.29, 0.717) is 33.0 Å². The fourth-order valence-corrected chi connectivity index (χ4v) is 1.34. The molecule has 1 aromatic carbocycles. The summed E-state index contributed by atoms with van der Waals surface area (Å²) in [5, 5.41) is 0. The van der Waals surface area contributed by atoms with Gasteiger partial charge in [-0.25, -0.2) is 0 Å². The fourth-order valence-electron chi connectivity index (χ4n) is 1.34. The Hall–Kier alpha value is -1.26. The van der Waals surface area contributed by atoms with Crippen molar-refractivity contribution in [1.29, 1.82) is 0 Å². The molecule has 96 valence electrons. The van der Waals surface area contributed by atoms with Crippen molar-refractivity contribution in [3.8, 4) is 11.5 Å². The van der Waals surface area contributed by atoms with Gasteiger partial charge < -0.3 is 19.9 Å². The third kappa shape index (κ3) is 6.14. The van der Waals surface area contributed by atoms with Crippen LogP contribution in [0.25, 0.3) is 0 Å². The zero-order valence-corrected chi connectivity index (χ0v) is 10.4. The number of hydrogen-bond acceptors (Lipinski definition) is 4. The van der Waals surface area contributed by atoms with Gasteiger partial charge in [-0.15, -0.1) is 0 Å². The lowest BCUT2D eigenvalue weighted by atomic mass is 10.3. The molecule has 1 rings (SSSR count). The maximum absolute atomic E-state index is 5.55. The lowest BCUT2D eigenvalue weighted by Crippen LogP contribution is -2.10. The maximum atomic E-state index is 5.55. The fraction of sp³-hybridized carbons (Fsp3) is 0.538. The monoisotopic (exact) mass is 239 g/mol. The molecule has 0 spiro atoms. The molecule has 0 unspecified atom stereocenters. The molecular formula is C13H21NO3. The van der Waals surface area contributed by atoms with Gasteiger partial charge in [-0.1, -0.05) is 0 Å². The van der Waals surface area contributed by atoms with Crippen LogP contribution in [0.4, 0.5) is 0 Å². The molecule has 0 bridgehead atoms. The van der Waals surface area contributed by atoms with Gasteiger partial charge in [-0.2, -0.15) is 0 Å². The van der Waals surface area contributed by atoms with Crippen LogP contribution in [0.15, 0.2) is 24.3 Å². The van der Waals surface area contributed by atoms with E-state index in [0.717, 1.165) is 17.9 Å². The molecule has 0 amide bonds. The molecule has 0 aliphatic carbocycles. The summed E-state index contributed by atoms with van der Waals surface area (Å²) in [4.78, 5) is 0. The van der Waals surface area contributed by atoms with Crippen molar-refractivity contribution in [2.45, 2.75) is 13.3 Å². The largest absolute Gasteiger partial charge is 0.494 e. The Kier molecular flexibility index (Phi) is 7.18. The molecule has 0 heterocycles. The Balaban J connectivity index is 2.14. The summed E-state index contributed by atoms with van der Waals surface area (Å²) in [6.45, 7) is 5.17. The van der Waals surface area contributed by atoms with Crippen LogP contribution < -0.4 is 15.2 Å². The molecule has 0 aromatic heterocycles. The Labute approximate surface area is 103 Å². The Morgan fingerprint density at radius 3 is 2.18 bits per heavy atom. The van der Waals surface area contributed by atoms with Crippen LogP contribution in [0.3, 0.4) is 0 Å². The first-order valence-electron chi connectivity index (χ1n) is 6.00. The summed E-state index contributed by atoms with van der Waals surface area (Å²) in [5.74, 6) is 1.72. The summed E-state index contributed by atoms with van der Waals surface area (Å²) in [5.41, 5.74) is 5.30. The average molecular weight is 239 g/mol. The highest BCUT2D eigenvalue weighted by molar-refractivity contribution is 5.31. The highest BCUT2D eigenvalue weighted by Gasteiger charge is 1.95. The van der Waals surface area contributed by atoms with Gasteiger partial charge in [0.25, 0.3) is 0 Å². The van der Waals surface area contributed by atoms with Crippen LogP contribution in [0.2, 0.25) is 0 Å². The average Bonchev–Trinajstić information content (AvgIpc) is 2.36. The number of hydrogen-bond donors (Lipinski definition) is 1. The number of ether oxygens (including phenoxy) is 3. The first kappa shape index (κ1) is 13.8. The van der Waals surface area contributed by atoms with Gasteiger partial charge in [0.15, 0.2) is 0 Å². The van der Waals surface area contributed by atoms with E-state index in [9.17, 15) is 0 Å². The number of nitrogens with two attached hydrogens (primary N) is 1. The lowest BCUT2D eigenvalue weighted by molar-refractivity contribution is 0.126. The van der Waals surface area contributed by atoms with E-state index in [1.165, 1.54) is 0 Å². The van der Waals surface area contributed by atoms with Gasteiger partial charge in [-0.3, -0.25) is 0 Å². The minimum absolute atomic E-state index is 0.569. The van der Waals surface area contributed by atoms with Gasteiger partial charge in [0.1, 0.15) is 11.5 Å². The van der Waals surface area contributed by atoms with Crippen LogP contribution in [0.1, 0.15) is 13.3 Å². The minimum atomic E-state index is 0.569. The quantitative estimate of drug-likeness (QED) is 0.668. The molecule has 2 N–H and O–H groups in total. The lowest BCUT2D eigenvalue weighted by Gasteiger charge is -2.07. The van der Waals surface area contributed by atoms with E-state index in [1.807, 2.05) is 31.2 Å². The summed E-state index contributed by atoms with van der Waals surface area (Å²) in [6.07, 6.45) is 0.868. The van der Waals surface area contributed by atoms with Gasteiger partial charge in [0.05, 0.1) is 19.8 Å². The van der Waals surface area contributed by atoms with E-state index < -0.39 is 0 Å². The third-order valence-electron chi connectivity index (χ3n) is 2.10. The van der Waals surface area contributed by atoms with Gasteiger partial charge in [0.2, 0.25) is 0 Å². The second-order valence-corrected chi connectivity index (χ2v) is 3.51. The van der Waals surface area contributed by atoms with Crippen molar-refractivity contribution in [2.24, 2.45) is 5.73 Å². The molecule has 17 heavy (non-hydrogen) atoms. The second kappa shape index (κ2) is 8.84. The first-order valence-corrected chi connectivity index (χ1v) is 6.00.